The van der Waals surface area contributed by atoms with E-state index in [0.717, 1.165) is 4.47 Å². The highest BCUT2D eigenvalue weighted by molar-refractivity contribution is 9.10. The first kappa shape index (κ1) is 17.7. The summed E-state index contributed by atoms with van der Waals surface area (Å²) in [5.41, 5.74) is 1.11. The summed E-state index contributed by atoms with van der Waals surface area (Å²) in [6.07, 6.45) is 1.57. The van der Waals surface area contributed by atoms with Gasteiger partial charge in [-0.05, 0) is 35.9 Å². The van der Waals surface area contributed by atoms with E-state index in [2.05, 4.69) is 15.9 Å². The van der Waals surface area contributed by atoms with Crippen molar-refractivity contribution in [2.75, 3.05) is 14.2 Å². The van der Waals surface area contributed by atoms with Gasteiger partial charge in [-0.3, -0.25) is 0 Å². The van der Waals surface area contributed by atoms with Crippen LogP contribution in [0.4, 0.5) is 0 Å². The molecule has 2 aromatic rings. The SMILES string of the molecule is COC(=O)C(=Cc1cc(OC)ccc1Br)c1ccccc1C(=O)O. The predicted molar refractivity (Wildman–Crippen MR) is 94.0 cm³/mol. The molecule has 2 aromatic carbocycles. The maximum Gasteiger partial charge on any atom is 0.338 e. The van der Waals surface area contributed by atoms with Crippen LogP contribution in [0.5, 0.6) is 5.75 Å². The van der Waals surface area contributed by atoms with E-state index in [1.54, 1.807) is 42.5 Å². The molecule has 6 heteroatoms. The van der Waals surface area contributed by atoms with E-state index in [4.69, 9.17) is 9.47 Å². The molecule has 24 heavy (non-hydrogen) atoms. The Morgan fingerprint density at radius 3 is 2.33 bits per heavy atom. The average molecular weight is 391 g/mol. The smallest absolute Gasteiger partial charge is 0.338 e. The largest absolute Gasteiger partial charge is 0.497 e. The molecule has 5 nitrogen and oxygen atoms in total. The summed E-state index contributed by atoms with van der Waals surface area (Å²) in [6.45, 7) is 0. The quantitative estimate of drug-likeness (QED) is 0.476. The fourth-order valence-corrected chi connectivity index (χ4v) is 2.54. The lowest BCUT2D eigenvalue weighted by Crippen LogP contribution is -2.09. The van der Waals surface area contributed by atoms with Crippen molar-refractivity contribution in [1.29, 1.82) is 0 Å². The highest BCUT2D eigenvalue weighted by atomic mass is 79.9. The number of methoxy groups -OCH3 is 2. The standard InChI is InChI=1S/C18H15BrO5/c1-23-12-7-8-16(19)11(9-12)10-15(18(22)24-2)13-5-3-4-6-14(13)17(20)21/h3-10H,1-2H3,(H,20,21). The Morgan fingerprint density at radius 2 is 1.75 bits per heavy atom. The van der Waals surface area contributed by atoms with Crippen LogP contribution in [-0.2, 0) is 9.53 Å². The number of esters is 1. The van der Waals surface area contributed by atoms with Gasteiger partial charge in [0.1, 0.15) is 5.75 Å². The second kappa shape index (κ2) is 7.79. The Labute approximate surface area is 147 Å². The molecule has 0 spiro atoms. The van der Waals surface area contributed by atoms with Gasteiger partial charge in [-0.1, -0.05) is 34.1 Å². The number of carboxylic acids is 1. The summed E-state index contributed by atoms with van der Waals surface area (Å²) in [5, 5.41) is 9.36. The Bertz CT molecular complexity index is 811. The molecular formula is C18H15BrO5. The van der Waals surface area contributed by atoms with Crippen LogP contribution in [0, 0.1) is 0 Å². The topological polar surface area (TPSA) is 72.8 Å². The zero-order valence-corrected chi connectivity index (χ0v) is 14.7. The number of carbonyl (C=O) groups excluding carboxylic acids is 1. The molecule has 0 amide bonds. The number of carbonyl (C=O) groups is 2. The van der Waals surface area contributed by atoms with Gasteiger partial charge in [0, 0.05) is 10.0 Å². The number of aromatic carboxylic acids is 1. The van der Waals surface area contributed by atoms with Crippen LogP contribution in [0.3, 0.4) is 0 Å². The van der Waals surface area contributed by atoms with Crippen molar-refractivity contribution < 1.29 is 24.2 Å². The molecule has 0 aliphatic heterocycles. The number of ether oxygens (including phenoxy) is 2. The summed E-state index contributed by atoms with van der Waals surface area (Å²) >= 11 is 3.41. The molecule has 1 N–H and O–H groups in total. The van der Waals surface area contributed by atoms with Crippen LogP contribution >= 0.6 is 15.9 Å². The molecule has 124 valence electrons. The predicted octanol–water partition coefficient (Wildman–Crippen LogP) is 3.87. The van der Waals surface area contributed by atoms with E-state index in [-0.39, 0.29) is 16.7 Å². The Hall–Kier alpha value is -2.60. The van der Waals surface area contributed by atoms with Crippen molar-refractivity contribution in [2.45, 2.75) is 0 Å². The van der Waals surface area contributed by atoms with Crippen molar-refractivity contribution in [3.8, 4) is 5.75 Å². The zero-order chi connectivity index (χ0) is 17.7. The molecule has 0 aliphatic carbocycles. The van der Waals surface area contributed by atoms with Crippen molar-refractivity contribution in [3.05, 3.63) is 63.6 Å². The maximum absolute atomic E-state index is 12.2. The number of carboxylic acid groups (broad SMARTS) is 1. The van der Waals surface area contributed by atoms with E-state index in [0.29, 0.717) is 11.3 Å². The van der Waals surface area contributed by atoms with Gasteiger partial charge < -0.3 is 14.6 Å². The Kier molecular flexibility index (Phi) is 5.76. The molecule has 0 atom stereocenters. The van der Waals surface area contributed by atoms with E-state index in [9.17, 15) is 14.7 Å². The second-order valence-electron chi connectivity index (χ2n) is 4.79. The van der Waals surface area contributed by atoms with E-state index in [1.807, 2.05) is 0 Å². The monoisotopic (exact) mass is 390 g/mol. The van der Waals surface area contributed by atoms with Crippen LogP contribution in [0.1, 0.15) is 21.5 Å². The highest BCUT2D eigenvalue weighted by Gasteiger charge is 2.19. The molecule has 0 radical (unpaired) electrons. The van der Waals surface area contributed by atoms with Crippen LogP contribution in [0.15, 0.2) is 46.9 Å². The fraction of sp³-hybridized carbons (Fsp3) is 0.111. The first-order chi connectivity index (χ1) is 11.5. The third-order valence-electron chi connectivity index (χ3n) is 3.36. The molecule has 0 bridgehead atoms. The van der Waals surface area contributed by atoms with Gasteiger partial charge in [-0.15, -0.1) is 0 Å². The summed E-state index contributed by atoms with van der Waals surface area (Å²) in [6, 6.07) is 11.6. The molecule has 0 fully saturated rings. The molecule has 0 saturated heterocycles. The number of halogens is 1. The van der Waals surface area contributed by atoms with Crippen molar-refractivity contribution in [1.82, 2.24) is 0 Å². The summed E-state index contributed by atoms with van der Waals surface area (Å²) in [4.78, 5) is 23.7. The van der Waals surface area contributed by atoms with Crippen molar-refractivity contribution in [3.63, 3.8) is 0 Å². The van der Waals surface area contributed by atoms with Crippen molar-refractivity contribution in [2.24, 2.45) is 0 Å². The summed E-state index contributed by atoms with van der Waals surface area (Å²) in [7, 11) is 2.79. The average Bonchev–Trinajstić information content (AvgIpc) is 2.60. The zero-order valence-electron chi connectivity index (χ0n) is 13.1. The van der Waals surface area contributed by atoms with Gasteiger partial charge in [0.25, 0.3) is 0 Å². The third kappa shape index (κ3) is 3.83. The van der Waals surface area contributed by atoms with Crippen LogP contribution < -0.4 is 4.74 Å². The van der Waals surface area contributed by atoms with E-state index < -0.39 is 11.9 Å². The minimum absolute atomic E-state index is 0.0215. The normalized spacial score (nSPS) is 11.0. The molecular weight excluding hydrogens is 376 g/mol. The lowest BCUT2D eigenvalue weighted by molar-refractivity contribution is -0.133. The molecule has 0 aliphatic rings. The van der Waals surface area contributed by atoms with Gasteiger partial charge in [0.05, 0.1) is 25.4 Å². The number of hydrogen-bond donors (Lipinski definition) is 1. The van der Waals surface area contributed by atoms with Gasteiger partial charge >= 0.3 is 11.9 Å². The number of benzene rings is 2. The van der Waals surface area contributed by atoms with Crippen LogP contribution in [0.25, 0.3) is 11.6 Å². The van der Waals surface area contributed by atoms with Gasteiger partial charge in [-0.2, -0.15) is 0 Å². The first-order valence-corrected chi connectivity index (χ1v) is 7.73. The molecule has 0 heterocycles. The maximum atomic E-state index is 12.2. The van der Waals surface area contributed by atoms with Gasteiger partial charge in [0.15, 0.2) is 0 Å². The molecule has 0 unspecified atom stereocenters. The minimum Gasteiger partial charge on any atom is -0.497 e. The molecule has 2 rings (SSSR count). The van der Waals surface area contributed by atoms with Gasteiger partial charge in [-0.25, -0.2) is 9.59 Å². The summed E-state index contributed by atoms with van der Waals surface area (Å²) in [5.74, 6) is -1.14. The molecule has 0 aromatic heterocycles. The lowest BCUT2D eigenvalue weighted by atomic mass is 9.97. The second-order valence-corrected chi connectivity index (χ2v) is 5.64. The first-order valence-electron chi connectivity index (χ1n) is 6.94. The minimum atomic E-state index is -1.12. The van der Waals surface area contributed by atoms with E-state index in [1.165, 1.54) is 20.3 Å². The highest BCUT2D eigenvalue weighted by Crippen LogP contribution is 2.29. The fourth-order valence-electron chi connectivity index (χ4n) is 2.18. The number of rotatable bonds is 5. The van der Waals surface area contributed by atoms with Gasteiger partial charge in [0.2, 0.25) is 0 Å². The third-order valence-corrected chi connectivity index (χ3v) is 4.08. The lowest BCUT2D eigenvalue weighted by Gasteiger charge is -2.10. The van der Waals surface area contributed by atoms with Crippen LogP contribution in [-0.4, -0.2) is 31.3 Å². The Morgan fingerprint density at radius 1 is 1.08 bits per heavy atom. The molecule has 0 saturated carbocycles. The van der Waals surface area contributed by atoms with Crippen LogP contribution in [0.2, 0.25) is 0 Å². The summed E-state index contributed by atoms with van der Waals surface area (Å²) < 4.78 is 10.7. The van der Waals surface area contributed by atoms with Crippen molar-refractivity contribution >= 4 is 39.5 Å². The number of hydrogen-bond acceptors (Lipinski definition) is 4. The Balaban J connectivity index is 2.67. The van der Waals surface area contributed by atoms with E-state index >= 15 is 0 Å².